The van der Waals surface area contributed by atoms with Crippen LogP contribution in [0.4, 0.5) is 0 Å². The number of aromatic nitrogens is 2. The summed E-state index contributed by atoms with van der Waals surface area (Å²) in [4.78, 5) is 31.2. The maximum atomic E-state index is 12.6. The minimum absolute atomic E-state index is 0.0381. The Morgan fingerprint density at radius 3 is 2.73 bits per heavy atom. The normalized spacial score (nSPS) is 17.3. The molecule has 0 saturated carbocycles. The van der Waals surface area contributed by atoms with Gasteiger partial charge in [-0.2, -0.15) is 0 Å². The minimum atomic E-state index is -0.148. The van der Waals surface area contributed by atoms with Gasteiger partial charge in [-0.15, -0.1) is 0 Å². The third-order valence-corrected chi connectivity index (χ3v) is 5.21. The monoisotopic (exact) mass is 373 g/mol. The summed E-state index contributed by atoms with van der Waals surface area (Å²) in [5, 5.41) is 0.724. The van der Waals surface area contributed by atoms with Crippen LogP contribution in [0.1, 0.15) is 41.9 Å². The molecular formula is C20H24ClN3O2. The Morgan fingerprint density at radius 2 is 2.04 bits per heavy atom. The van der Waals surface area contributed by atoms with Crippen molar-refractivity contribution in [2.75, 3.05) is 13.1 Å². The topological polar surface area (TPSA) is 55.2 Å². The van der Waals surface area contributed by atoms with Gasteiger partial charge in [0, 0.05) is 49.9 Å². The van der Waals surface area contributed by atoms with E-state index in [9.17, 15) is 9.59 Å². The van der Waals surface area contributed by atoms with Crippen molar-refractivity contribution in [2.24, 2.45) is 13.0 Å². The smallest absolute Gasteiger partial charge is 0.222 e. The Labute approximate surface area is 159 Å². The summed E-state index contributed by atoms with van der Waals surface area (Å²) < 4.78 is 1.75. The third kappa shape index (κ3) is 4.52. The molecule has 1 aliphatic rings. The van der Waals surface area contributed by atoms with Crippen LogP contribution in [0.15, 0.2) is 36.7 Å². The van der Waals surface area contributed by atoms with Gasteiger partial charge in [-0.1, -0.05) is 23.7 Å². The van der Waals surface area contributed by atoms with Crippen molar-refractivity contribution >= 4 is 23.3 Å². The van der Waals surface area contributed by atoms with Crippen LogP contribution in [-0.2, 0) is 18.3 Å². The molecular weight excluding hydrogens is 350 g/mol. The second kappa shape index (κ2) is 8.49. The number of carbonyl (C=O) groups excluding carboxylic acids is 2. The highest BCUT2D eigenvalue weighted by Crippen LogP contribution is 2.21. The van der Waals surface area contributed by atoms with Crippen LogP contribution in [0, 0.1) is 5.92 Å². The molecule has 26 heavy (non-hydrogen) atoms. The number of Topliss-reactive ketones (excluding diaryl/α,β-unsaturated/α-hetero) is 1. The Kier molecular flexibility index (Phi) is 6.09. The lowest BCUT2D eigenvalue weighted by Crippen LogP contribution is -2.42. The summed E-state index contributed by atoms with van der Waals surface area (Å²) in [5.41, 5.74) is 1.18. The van der Waals surface area contributed by atoms with E-state index in [1.165, 1.54) is 5.56 Å². The van der Waals surface area contributed by atoms with Gasteiger partial charge in [0.15, 0.2) is 5.82 Å². The standard InChI is InChI=1S/C20H24ClN3O2/c1-23-13-11-22-20(23)19(26)16-5-3-12-24(14-16)18(25)6-2-4-15-7-9-17(21)10-8-15/h7-11,13,16H,2-6,12,14H2,1H3. The number of amides is 1. The Hall–Kier alpha value is -2.14. The molecule has 1 aromatic heterocycles. The molecule has 5 nitrogen and oxygen atoms in total. The van der Waals surface area contributed by atoms with Crippen molar-refractivity contribution < 1.29 is 9.59 Å². The van der Waals surface area contributed by atoms with Crippen molar-refractivity contribution in [1.29, 1.82) is 0 Å². The van der Waals surface area contributed by atoms with Gasteiger partial charge in [-0.25, -0.2) is 4.98 Å². The second-order valence-corrected chi connectivity index (χ2v) is 7.32. The molecule has 1 atom stereocenters. The number of hydrogen-bond donors (Lipinski definition) is 0. The summed E-state index contributed by atoms with van der Waals surface area (Å²) in [6.07, 6.45) is 7.25. The zero-order chi connectivity index (χ0) is 18.5. The molecule has 1 aromatic carbocycles. The average Bonchev–Trinajstić information content (AvgIpc) is 3.08. The molecule has 0 aliphatic carbocycles. The first-order valence-electron chi connectivity index (χ1n) is 9.08. The number of carbonyl (C=O) groups is 2. The Morgan fingerprint density at radius 1 is 1.27 bits per heavy atom. The molecule has 0 spiro atoms. The van der Waals surface area contributed by atoms with E-state index in [0.717, 1.165) is 37.3 Å². The summed E-state index contributed by atoms with van der Waals surface area (Å²) in [7, 11) is 1.82. The van der Waals surface area contributed by atoms with Crippen LogP contribution in [0.5, 0.6) is 0 Å². The highest BCUT2D eigenvalue weighted by Gasteiger charge is 2.30. The molecule has 1 aliphatic heterocycles. The SMILES string of the molecule is Cn1ccnc1C(=O)C1CCCN(C(=O)CCCc2ccc(Cl)cc2)C1. The number of likely N-dealkylation sites (tertiary alicyclic amines) is 1. The number of piperidine rings is 1. The molecule has 3 rings (SSSR count). The number of imidazole rings is 1. The minimum Gasteiger partial charge on any atom is -0.342 e. The predicted molar refractivity (Wildman–Crippen MR) is 101 cm³/mol. The molecule has 6 heteroatoms. The average molecular weight is 374 g/mol. The van der Waals surface area contributed by atoms with E-state index in [1.54, 1.807) is 17.0 Å². The maximum Gasteiger partial charge on any atom is 0.222 e. The van der Waals surface area contributed by atoms with E-state index >= 15 is 0 Å². The Balaban J connectivity index is 1.50. The van der Waals surface area contributed by atoms with Gasteiger partial charge in [0.1, 0.15) is 0 Å². The molecule has 138 valence electrons. The van der Waals surface area contributed by atoms with Gasteiger partial charge in [-0.05, 0) is 43.4 Å². The van der Waals surface area contributed by atoms with E-state index in [-0.39, 0.29) is 17.6 Å². The maximum absolute atomic E-state index is 12.6. The van der Waals surface area contributed by atoms with E-state index < -0.39 is 0 Å². The van der Waals surface area contributed by atoms with Gasteiger partial charge in [0.2, 0.25) is 11.7 Å². The van der Waals surface area contributed by atoms with Crippen molar-refractivity contribution in [3.63, 3.8) is 0 Å². The summed E-state index contributed by atoms with van der Waals surface area (Å²) in [6.45, 7) is 1.25. The number of hydrogen-bond acceptors (Lipinski definition) is 3. The lowest BCUT2D eigenvalue weighted by atomic mass is 9.93. The van der Waals surface area contributed by atoms with Gasteiger partial charge < -0.3 is 9.47 Å². The number of benzene rings is 1. The number of aryl methyl sites for hydroxylation is 2. The molecule has 1 fully saturated rings. The largest absolute Gasteiger partial charge is 0.342 e. The van der Waals surface area contributed by atoms with Crippen LogP contribution in [-0.4, -0.2) is 39.2 Å². The van der Waals surface area contributed by atoms with Crippen LogP contribution in [0.3, 0.4) is 0 Å². The number of nitrogens with zero attached hydrogens (tertiary/aromatic N) is 3. The Bertz CT molecular complexity index is 770. The number of rotatable bonds is 6. The predicted octanol–water partition coefficient (Wildman–Crippen LogP) is 3.52. The van der Waals surface area contributed by atoms with E-state index in [0.29, 0.717) is 18.8 Å². The van der Waals surface area contributed by atoms with Crippen molar-refractivity contribution in [1.82, 2.24) is 14.5 Å². The summed E-state index contributed by atoms with van der Waals surface area (Å²) >= 11 is 5.89. The first kappa shape index (κ1) is 18.6. The fourth-order valence-electron chi connectivity index (χ4n) is 3.46. The highest BCUT2D eigenvalue weighted by atomic mass is 35.5. The zero-order valence-corrected chi connectivity index (χ0v) is 15.8. The van der Waals surface area contributed by atoms with Gasteiger partial charge in [-0.3, -0.25) is 9.59 Å². The van der Waals surface area contributed by atoms with E-state index in [2.05, 4.69) is 4.98 Å². The van der Waals surface area contributed by atoms with Crippen molar-refractivity contribution in [3.05, 3.63) is 53.1 Å². The van der Waals surface area contributed by atoms with Gasteiger partial charge >= 0.3 is 0 Å². The van der Waals surface area contributed by atoms with Gasteiger partial charge in [0.05, 0.1) is 0 Å². The molecule has 0 radical (unpaired) electrons. The van der Waals surface area contributed by atoms with Crippen LogP contribution in [0.25, 0.3) is 0 Å². The molecule has 2 heterocycles. The zero-order valence-electron chi connectivity index (χ0n) is 15.0. The lowest BCUT2D eigenvalue weighted by molar-refractivity contribution is -0.132. The van der Waals surface area contributed by atoms with E-state index in [1.807, 2.05) is 36.2 Å². The molecule has 0 N–H and O–H groups in total. The van der Waals surface area contributed by atoms with Crippen molar-refractivity contribution in [3.8, 4) is 0 Å². The fraction of sp³-hybridized carbons (Fsp3) is 0.450. The fourth-order valence-corrected chi connectivity index (χ4v) is 3.58. The number of halogens is 1. The number of ketones is 1. The van der Waals surface area contributed by atoms with Crippen LogP contribution in [0.2, 0.25) is 5.02 Å². The summed E-state index contributed by atoms with van der Waals surface area (Å²) in [5.74, 6) is 0.504. The lowest BCUT2D eigenvalue weighted by Gasteiger charge is -2.32. The first-order chi connectivity index (χ1) is 12.5. The summed E-state index contributed by atoms with van der Waals surface area (Å²) in [6, 6.07) is 7.73. The third-order valence-electron chi connectivity index (χ3n) is 4.96. The van der Waals surface area contributed by atoms with Crippen LogP contribution >= 0.6 is 11.6 Å². The molecule has 1 saturated heterocycles. The first-order valence-corrected chi connectivity index (χ1v) is 9.46. The van der Waals surface area contributed by atoms with Crippen molar-refractivity contribution in [2.45, 2.75) is 32.1 Å². The van der Waals surface area contributed by atoms with Gasteiger partial charge in [0.25, 0.3) is 0 Å². The second-order valence-electron chi connectivity index (χ2n) is 6.88. The highest BCUT2D eigenvalue weighted by molar-refractivity contribution is 6.30. The molecule has 1 amide bonds. The molecule has 1 unspecified atom stereocenters. The quantitative estimate of drug-likeness (QED) is 0.728. The molecule has 2 aromatic rings. The molecule has 0 bridgehead atoms. The van der Waals surface area contributed by atoms with Crippen LogP contribution < -0.4 is 0 Å². The van der Waals surface area contributed by atoms with E-state index in [4.69, 9.17) is 11.6 Å².